The standard InChI is InChI=1S/C16H19ClN4O2/c1-11-19-15(23-20-11)10-18-14-9-12(17)5-6-13(14)16(22)21-7-3-2-4-8-21/h5-6,9,18H,2-4,7-8,10H2,1H3. The van der Waals surface area contributed by atoms with E-state index >= 15 is 0 Å². The molecule has 2 heterocycles. The molecule has 2 aromatic rings. The van der Waals surface area contributed by atoms with Crippen LogP contribution in [0, 0.1) is 6.92 Å². The van der Waals surface area contributed by atoms with Crippen LogP contribution in [-0.4, -0.2) is 34.0 Å². The van der Waals surface area contributed by atoms with Gasteiger partial charge >= 0.3 is 0 Å². The number of anilines is 1. The van der Waals surface area contributed by atoms with Crippen LogP contribution in [0.25, 0.3) is 0 Å². The largest absolute Gasteiger partial charge is 0.375 e. The summed E-state index contributed by atoms with van der Waals surface area (Å²) in [5.74, 6) is 1.09. The van der Waals surface area contributed by atoms with Gasteiger partial charge < -0.3 is 14.7 Å². The van der Waals surface area contributed by atoms with Crippen molar-refractivity contribution in [3.05, 3.63) is 40.5 Å². The van der Waals surface area contributed by atoms with Crippen molar-refractivity contribution in [1.82, 2.24) is 15.0 Å². The number of amides is 1. The van der Waals surface area contributed by atoms with Gasteiger partial charge in [0.05, 0.1) is 12.1 Å². The summed E-state index contributed by atoms with van der Waals surface area (Å²) in [5.41, 5.74) is 1.30. The highest BCUT2D eigenvalue weighted by atomic mass is 35.5. The lowest BCUT2D eigenvalue weighted by atomic mass is 10.1. The number of carbonyl (C=O) groups is 1. The van der Waals surface area contributed by atoms with Gasteiger partial charge in [0.2, 0.25) is 5.89 Å². The molecule has 1 aromatic carbocycles. The van der Waals surface area contributed by atoms with Gasteiger partial charge in [0.1, 0.15) is 0 Å². The van der Waals surface area contributed by atoms with Crippen LogP contribution in [0.2, 0.25) is 5.02 Å². The maximum atomic E-state index is 12.7. The molecule has 1 aliphatic heterocycles. The first-order valence-corrected chi connectivity index (χ1v) is 8.13. The maximum Gasteiger partial charge on any atom is 0.255 e. The van der Waals surface area contributed by atoms with Crippen molar-refractivity contribution in [2.45, 2.75) is 32.7 Å². The molecular formula is C16H19ClN4O2. The lowest BCUT2D eigenvalue weighted by molar-refractivity contribution is 0.0725. The van der Waals surface area contributed by atoms with Gasteiger partial charge in [0.15, 0.2) is 5.82 Å². The van der Waals surface area contributed by atoms with Gasteiger partial charge in [-0.05, 0) is 44.4 Å². The Morgan fingerprint density at radius 1 is 1.35 bits per heavy atom. The Morgan fingerprint density at radius 3 is 2.83 bits per heavy atom. The fourth-order valence-corrected chi connectivity index (χ4v) is 2.87. The molecule has 0 spiro atoms. The molecule has 3 rings (SSSR count). The molecule has 1 saturated heterocycles. The molecular weight excluding hydrogens is 316 g/mol. The van der Waals surface area contributed by atoms with Gasteiger partial charge in [0, 0.05) is 23.8 Å². The quantitative estimate of drug-likeness (QED) is 0.929. The maximum absolute atomic E-state index is 12.7. The first kappa shape index (κ1) is 15.8. The highest BCUT2D eigenvalue weighted by molar-refractivity contribution is 6.31. The lowest BCUT2D eigenvalue weighted by Gasteiger charge is -2.27. The molecule has 6 nitrogen and oxygen atoms in total. The van der Waals surface area contributed by atoms with E-state index in [4.69, 9.17) is 16.1 Å². The second-order valence-electron chi connectivity index (χ2n) is 5.63. The second kappa shape index (κ2) is 7.00. The second-order valence-corrected chi connectivity index (χ2v) is 6.07. The average molecular weight is 335 g/mol. The number of hydrogen-bond donors (Lipinski definition) is 1. The monoisotopic (exact) mass is 334 g/mol. The molecule has 0 bridgehead atoms. The third kappa shape index (κ3) is 3.82. The number of likely N-dealkylation sites (tertiary alicyclic amines) is 1. The smallest absolute Gasteiger partial charge is 0.255 e. The van der Waals surface area contributed by atoms with Gasteiger partial charge in [0.25, 0.3) is 5.91 Å². The molecule has 1 amide bonds. The highest BCUT2D eigenvalue weighted by Crippen LogP contribution is 2.24. The molecule has 23 heavy (non-hydrogen) atoms. The Morgan fingerprint density at radius 2 is 2.13 bits per heavy atom. The summed E-state index contributed by atoms with van der Waals surface area (Å²) >= 11 is 6.08. The van der Waals surface area contributed by atoms with E-state index in [1.165, 1.54) is 6.42 Å². The number of benzene rings is 1. The summed E-state index contributed by atoms with van der Waals surface area (Å²) in [7, 11) is 0. The van der Waals surface area contributed by atoms with Crippen LogP contribution in [0.15, 0.2) is 22.7 Å². The molecule has 122 valence electrons. The van der Waals surface area contributed by atoms with E-state index in [1.807, 2.05) is 4.90 Å². The number of nitrogens with zero attached hydrogens (tertiary/aromatic N) is 3. The number of piperidine rings is 1. The van der Waals surface area contributed by atoms with Gasteiger partial charge in [-0.1, -0.05) is 16.8 Å². The van der Waals surface area contributed by atoms with Crippen molar-refractivity contribution in [3.8, 4) is 0 Å². The minimum absolute atomic E-state index is 0.0329. The Balaban J connectivity index is 1.78. The zero-order valence-corrected chi connectivity index (χ0v) is 13.8. The zero-order valence-electron chi connectivity index (χ0n) is 13.0. The van der Waals surface area contributed by atoms with E-state index in [1.54, 1.807) is 25.1 Å². The predicted octanol–water partition coefficient (Wildman–Crippen LogP) is 3.27. The zero-order chi connectivity index (χ0) is 16.2. The van der Waals surface area contributed by atoms with Crippen molar-refractivity contribution < 1.29 is 9.32 Å². The van der Waals surface area contributed by atoms with E-state index in [0.717, 1.165) is 25.9 Å². The Kier molecular flexibility index (Phi) is 4.81. The highest BCUT2D eigenvalue weighted by Gasteiger charge is 2.21. The van der Waals surface area contributed by atoms with Gasteiger partial charge in [-0.3, -0.25) is 4.79 Å². The number of hydrogen-bond acceptors (Lipinski definition) is 5. The molecule has 0 atom stereocenters. The minimum atomic E-state index is 0.0329. The van der Waals surface area contributed by atoms with Crippen molar-refractivity contribution in [1.29, 1.82) is 0 Å². The first-order chi connectivity index (χ1) is 11.1. The van der Waals surface area contributed by atoms with Crippen LogP contribution in [0.4, 0.5) is 5.69 Å². The van der Waals surface area contributed by atoms with Crippen molar-refractivity contribution >= 4 is 23.2 Å². The summed E-state index contributed by atoms with van der Waals surface area (Å²) in [5, 5.41) is 7.50. The normalized spacial score (nSPS) is 14.8. The molecule has 7 heteroatoms. The molecule has 0 radical (unpaired) electrons. The fraction of sp³-hybridized carbons (Fsp3) is 0.438. The number of rotatable bonds is 4. The SMILES string of the molecule is Cc1noc(CNc2cc(Cl)ccc2C(=O)N2CCCCC2)n1. The average Bonchev–Trinajstić information content (AvgIpc) is 2.99. The molecule has 0 unspecified atom stereocenters. The van der Waals surface area contributed by atoms with Crippen LogP contribution < -0.4 is 5.32 Å². The van der Waals surface area contributed by atoms with Crippen molar-refractivity contribution in [2.24, 2.45) is 0 Å². The van der Waals surface area contributed by atoms with Crippen LogP contribution in [-0.2, 0) is 6.54 Å². The number of carbonyl (C=O) groups excluding carboxylic acids is 1. The summed E-state index contributed by atoms with van der Waals surface area (Å²) in [4.78, 5) is 18.8. The van der Waals surface area contributed by atoms with Crippen molar-refractivity contribution in [3.63, 3.8) is 0 Å². The molecule has 1 fully saturated rings. The Labute approximate surface area is 139 Å². The van der Waals surface area contributed by atoms with Crippen LogP contribution in [0.5, 0.6) is 0 Å². The van der Waals surface area contributed by atoms with E-state index in [2.05, 4.69) is 15.5 Å². The van der Waals surface area contributed by atoms with E-state index < -0.39 is 0 Å². The number of aromatic nitrogens is 2. The molecule has 0 saturated carbocycles. The van der Waals surface area contributed by atoms with Crippen LogP contribution in [0.1, 0.15) is 41.3 Å². The number of aryl methyl sites for hydroxylation is 1. The lowest BCUT2D eigenvalue weighted by Crippen LogP contribution is -2.36. The van der Waals surface area contributed by atoms with E-state index in [0.29, 0.717) is 34.5 Å². The van der Waals surface area contributed by atoms with Crippen LogP contribution >= 0.6 is 11.6 Å². The Hall–Kier alpha value is -2.08. The fourth-order valence-electron chi connectivity index (χ4n) is 2.70. The molecule has 1 N–H and O–H groups in total. The summed E-state index contributed by atoms with van der Waals surface area (Å²) in [6, 6.07) is 5.25. The third-order valence-corrected chi connectivity index (χ3v) is 4.09. The number of nitrogens with one attached hydrogen (secondary N) is 1. The van der Waals surface area contributed by atoms with Gasteiger partial charge in [-0.25, -0.2) is 0 Å². The van der Waals surface area contributed by atoms with Gasteiger partial charge in [-0.2, -0.15) is 4.98 Å². The number of halogens is 1. The summed E-state index contributed by atoms with van der Waals surface area (Å²) in [6.07, 6.45) is 3.30. The first-order valence-electron chi connectivity index (χ1n) is 7.75. The summed E-state index contributed by atoms with van der Waals surface area (Å²) < 4.78 is 5.08. The minimum Gasteiger partial charge on any atom is -0.375 e. The summed E-state index contributed by atoms with van der Waals surface area (Å²) in [6.45, 7) is 3.73. The predicted molar refractivity (Wildman–Crippen MR) is 87.6 cm³/mol. The van der Waals surface area contributed by atoms with Crippen molar-refractivity contribution in [2.75, 3.05) is 18.4 Å². The third-order valence-electron chi connectivity index (χ3n) is 3.85. The molecule has 1 aromatic heterocycles. The Bertz CT molecular complexity index is 695. The topological polar surface area (TPSA) is 71.3 Å². The van der Waals surface area contributed by atoms with Gasteiger partial charge in [-0.15, -0.1) is 0 Å². The molecule has 1 aliphatic rings. The van der Waals surface area contributed by atoms with E-state index in [-0.39, 0.29) is 5.91 Å². The van der Waals surface area contributed by atoms with Crippen LogP contribution in [0.3, 0.4) is 0 Å². The van der Waals surface area contributed by atoms with E-state index in [9.17, 15) is 4.79 Å². The molecule has 0 aliphatic carbocycles.